The highest BCUT2D eigenvalue weighted by atomic mass is 32.2. The van der Waals surface area contributed by atoms with Gasteiger partial charge in [-0.3, -0.25) is 4.79 Å². The number of benzene rings is 1. The van der Waals surface area contributed by atoms with Crippen LogP contribution in [-0.4, -0.2) is 50.1 Å². The van der Waals surface area contributed by atoms with Crippen LogP contribution in [0.1, 0.15) is 32.8 Å². The summed E-state index contributed by atoms with van der Waals surface area (Å²) >= 11 is 0. The van der Waals surface area contributed by atoms with Crippen LogP contribution in [0.2, 0.25) is 0 Å². The molecule has 0 radical (unpaired) electrons. The molecule has 0 N–H and O–H groups in total. The van der Waals surface area contributed by atoms with Crippen molar-refractivity contribution in [2.75, 3.05) is 20.2 Å². The summed E-state index contributed by atoms with van der Waals surface area (Å²) in [5.74, 6) is -0.393. The summed E-state index contributed by atoms with van der Waals surface area (Å²) in [7, 11) is -2.34. The van der Waals surface area contributed by atoms with Crippen LogP contribution in [0.4, 0.5) is 0 Å². The molecule has 4 aliphatic rings. The van der Waals surface area contributed by atoms with Gasteiger partial charge in [0.15, 0.2) is 0 Å². The molecule has 1 aliphatic carbocycles. The number of rotatable bonds is 3. The molecule has 28 heavy (non-hydrogen) atoms. The molecule has 5 rings (SSSR count). The van der Waals surface area contributed by atoms with E-state index in [1.54, 1.807) is 38.1 Å². The minimum Gasteiger partial charge on any atom is -0.469 e. The number of carbonyl (C=O) groups excluding carboxylic acids is 1. The van der Waals surface area contributed by atoms with E-state index in [4.69, 9.17) is 14.5 Å². The molecule has 0 aromatic heterocycles. The quantitative estimate of drug-likeness (QED) is 0.435. The van der Waals surface area contributed by atoms with E-state index >= 15 is 0 Å². The number of hydrogen-bond acceptors (Lipinski definition) is 6. The molecule has 7 nitrogen and oxygen atoms in total. The van der Waals surface area contributed by atoms with Crippen LogP contribution in [0.25, 0.3) is 0 Å². The summed E-state index contributed by atoms with van der Waals surface area (Å²) in [5, 5.41) is 0. The fourth-order valence-electron chi connectivity index (χ4n) is 4.73. The number of methoxy groups -OCH3 is 1. The van der Waals surface area contributed by atoms with Crippen LogP contribution in [0.5, 0.6) is 0 Å². The highest BCUT2D eigenvalue weighted by Gasteiger charge is 2.69. The Hall–Kier alpha value is -1.74. The molecule has 3 atom stereocenters. The first kappa shape index (κ1) is 19.6. The van der Waals surface area contributed by atoms with Gasteiger partial charge in [-0.15, -0.1) is 0 Å². The number of sulfonamides is 1. The normalized spacial score (nSPS) is 35.2. The molecule has 8 heteroatoms. The van der Waals surface area contributed by atoms with Crippen molar-refractivity contribution in [1.29, 1.82) is 0 Å². The molecule has 1 fully saturated rings. The molecule has 1 aromatic rings. The molecule has 0 spiro atoms. The van der Waals surface area contributed by atoms with Crippen LogP contribution in [-0.2, 0) is 29.3 Å². The molecule has 152 valence electrons. The van der Waals surface area contributed by atoms with E-state index in [-0.39, 0.29) is 18.0 Å². The molecule has 3 aliphatic heterocycles. The topological polar surface area (TPSA) is 82.1 Å². The van der Waals surface area contributed by atoms with Crippen LogP contribution in [0, 0.1) is 12.3 Å². The molecule has 1 saturated heterocycles. The Morgan fingerprint density at radius 3 is 2.29 bits per heavy atom. The predicted molar refractivity (Wildman–Crippen MR) is 101 cm³/mol. The number of fused-ring (bicyclic) bond motifs is 2. The zero-order valence-corrected chi connectivity index (χ0v) is 17.6. The van der Waals surface area contributed by atoms with Gasteiger partial charge in [0.05, 0.1) is 12.0 Å². The Morgan fingerprint density at radius 2 is 1.68 bits per heavy atom. The number of hydrogen-bond donors (Lipinski definition) is 0. The van der Waals surface area contributed by atoms with Crippen molar-refractivity contribution in [2.45, 2.75) is 50.2 Å². The van der Waals surface area contributed by atoms with Crippen molar-refractivity contribution in [3.63, 3.8) is 0 Å². The minimum absolute atomic E-state index is 0.160. The SMILES string of the molecule is COC(=O)[C@]1(C)C[C@@]2(C)OO[C@]1(C)C1=C2CN(S(=O)(=O)c2ccc(C)cc2)C1. The summed E-state index contributed by atoms with van der Waals surface area (Å²) in [6, 6.07) is 6.80. The van der Waals surface area contributed by atoms with Crippen LogP contribution in [0.3, 0.4) is 0 Å². The number of aryl methyl sites for hydroxylation is 1. The third-order valence-electron chi connectivity index (χ3n) is 6.68. The van der Waals surface area contributed by atoms with Gasteiger partial charge in [0.1, 0.15) is 16.6 Å². The van der Waals surface area contributed by atoms with Gasteiger partial charge >= 0.3 is 5.97 Å². The van der Waals surface area contributed by atoms with Gasteiger partial charge < -0.3 is 4.74 Å². The highest BCUT2D eigenvalue weighted by molar-refractivity contribution is 7.89. The molecule has 3 heterocycles. The first-order valence-corrected chi connectivity index (χ1v) is 10.7. The lowest BCUT2D eigenvalue weighted by Gasteiger charge is -2.57. The maximum atomic E-state index is 13.2. The van der Waals surface area contributed by atoms with Gasteiger partial charge in [-0.05, 0) is 51.0 Å². The first-order chi connectivity index (χ1) is 13.0. The number of nitrogens with zero attached hydrogens (tertiary/aromatic N) is 1. The van der Waals surface area contributed by atoms with Crippen molar-refractivity contribution in [1.82, 2.24) is 4.31 Å². The molecular weight excluding hydrogens is 382 g/mol. The van der Waals surface area contributed by atoms with Crippen molar-refractivity contribution in [3.05, 3.63) is 41.0 Å². The molecule has 0 unspecified atom stereocenters. The number of esters is 1. The Bertz CT molecular complexity index is 984. The molecule has 0 amide bonds. The largest absolute Gasteiger partial charge is 0.469 e. The third kappa shape index (κ3) is 2.38. The van der Waals surface area contributed by atoms with Crippen molar-refractivity contribution in [2.24, 2.45) is 5.41 Å². The van der Waals surface area contributed by atoms with E-state index < -0.39 is 32.6 Å². The number of ether oxygens (including phenoxy) is 1. The zero-order valence-electron chi connectivity index (χ0n) is 16.7. The maximum absolute atomic E-state index is 13.2. The van der Waals surface area contributed by atoms with Gasteiger partial charge in [-0.25, -0.2) is 18.2 Å². The summed E-state index contributed by atoms with van der Waals surface area (Å²) < 4.78 is 32.9. The number of carbonyl (C=O) groups is 1. The summed E-state index contributed by atoms with van der Waals surface area (Å²) in [4.78, 5) is 24.3. The lowest BCUT2D eigenvalue weighted by molar-refractivity contribution is -0.450. The average molecular weight is 407 g/mol. The van der Waals surface area contributed by atoms with E-state index in [9.17, 15) is 13.2 Å². The Kier molecular flexibility index (Phi) is 4.11. The van der Waals surface area contributed by atoms with Crippen LogP contribution in [0.15, 0.2) is 40.3 Å². The van der Waals surface area contributed by atoms with Crippen molar-refractivity contribution < 1.29 is 27.7 Å². The standard InChI is InChI=1S/C20H25NO6S/c1-13-6-8-14(9-7-13)28(23,24)21-10-15-16(11-21)20(4)18(2,17(22)25-5)12-19(15,3)26-27-20/h6-9H,10-12H2,1-5H3/t18-,19+,20+/m0/s1. The van der Waals surface area contributed by atoms with Crippen LogP contribution < -0.4 is 0 Å². The summed E-state index contributed by atoms with van der Waals surface area (Å²) in [6.45, 7) is 7.70. The second-order valence-corrected chi connectivity index (χ2v) is 10.4. The van der Waals surface area contributed by atoms with Crippen molar-refractivity contribution >= 4 is 16.0 Å². The van der Waals surface area contributed by atoms with Gasteiger partial charge in [0, 0.05) is 19.5 Å². The lowest BCUT2D eigenvalue weighted by atomic mass is 9.58. The van der Waals surface area contributed by atoms with Gasteiger partial charge in [0.25, 0.3) is 0 Å². The maximum Gasteiger partial charge on any atom is 0.315 e. The smallest absolute Gasteiger partial charge is 0.315 e. The minimum atomic E-state index is -3.69. The third-order valence-corrected chi connectivity index (χ3v) is 8.48. The summed E-state index contributed by atoms with van der Waals surface area (Å²) in [5.41, 5.74) is -0.295. The molecule has 0 saturated carbocycles. The van der Waals surface area contributed by atoms with Crippen molar-refractivity contribution in [3.8, 4) is 0 Å². The van der Waals surface area contributed by atoms with E-state index in [1.165, 1.54) is 11.4 Å². The predicted octanol–water partition coefficient (Wildman–Crippen LogP) is 2.36. The fraction of sp³-hybridized carbons (Fsp3) is 0.550. The van der Waals surface area contributed by atoms with Gasteiger partial charge in [-0.1, -0.05) is 17.7 Å². The molecule has 2 bridgehead atoms. The van der Waals surface area contributed by atoms with E-state index in [0.717, 1.165) is 16.7 Å². The summed E-state index contributed by atoms with van der Waals surface area (Å²) in [6.07, 6.45) is 0.362. The first-order valence-electron chi connectivity index (χ1n) is 9.23. The van der Waals surface area contributed by atoms with Gasteiger partial charge in [0.2, 0.25) is 10.0 Å². The van der Waals surface area contributed by atoms with Crippen LogP contribution >= 0.6 is 0 Å². The van der Waals surface area contributed by atoms with E-state index in [0.29, 0.717) is 6.42 Å². The highest BCUT2D eigenvalue weighted by Crippen LogP contribution is 2.60. The second kappa shape index (κ2) is 5.89. The monoisotopic (exact) mass is 407 g/mol. The Balaban J connectivity index is 1.74. The van der Waals surface area contributed by atoms with E-state index in [2.05, 4.69) is 0 Å². The molecular formula is C20H25NO6S. The van der Waals surface area contributed by atoms with E-state index in [1.807, 2.05) is 13.8 Å². The second-order valence-electron chi connectivity index (χ2n) is 8.47. The fourth-order valence-corrected chi connectivity index (χ4v) is 6.10. The van der Waals surface area contributed by atoms with Gasteiger partial charge in [-0.2, -0.15) is 4.31 Å². The average Bonchev–Trinajstić information content (AvgIpc) is 3.13. The Morgan fingerprint density at radius 1 is 1.07 bits per heavy atom. The zero-order chi connectivity index (χ0) is 20.5. The molecule has 1 aromatic carbocycles. The lowest BCUT2D eigenvalue weighted by Crippen LogP contribution is -2.65. The Labute approximate surface area is 165 Å².